The summed E-state index contributed by atoms with van der Waals surface area (Å²) in [6, 6.07) is 9.39. The Bertz CT molecular complexity index is 613. The molecule has 4 nitrogen and oxygen atoms in total. The lowest BCUT2D eigenvalue weighted by Gasteiger charge is -2.07. The normalized spacial score (nSPS) is 12.0. The Morgan fingerprint density at radius 2 is 2.10 bits per heavy atom. The molecular formula is C15H17FN2O2S. The van der Waals surface area contributed by atoms with Gasteiger partial charge in [-0.15, -0.1) is 11.3 Å². The van der Waals surface area contributed by atoms with E-state index in [0.717, 1.165) is 9.75 Å². The Labute approximate surface area is 126 Å². The maximum absolute atomic E-state index is 13.4. The lowest BCUT2D eigenvalue weighted by molar-refractivity contribution is 0.203. The summed E-state index contributed by atoms with van der Waals surface area (Å²) in [5.74, 6) is -0.465. The Morgan fingerprint density at radius 1 is 1.33 bits per heavy atom. The van der Waals surface area contributed by atoms with Gasteiger partial charge in [-0.3, -0.25) is 0 Å². The van der Waals surface area contributed by atoms with E-state index >= 15 is 0 Å². The molecule has 0 aliphatic heterocycles. The highest BCUT2D eigenvalue weighted by atomic mass is 32.1. The van der Waals surface area contributed by atoms with E-state index in [0.29, 0.717) is 13.0 Å². The average Bonchev–Trinajstić information content (AvgIpc) is 2.90. The van der Waals surface area contributed by atoms with Crippen LogP contribution in [0.1, 0.15) is 22.8 Å². The van der Waals surface area contributed by atoms with Crippen molar-refractivity contribution in [2.75, 3.05) is 11.9 Å². The first-order chi connectivity index (χ1) is 10.1. The SMILES string of the molecule is C[C@@H](O)c1ccc(CCNC(=O)Nc2ccccc2F)s1. The first-order valence-electron chi connectivity index (χ1n) is 6.62. The molecule has 0 fully saturated rings. The van der Waals surface area contributed by atoms with Crippen LogP contribution in [0.2, 0.25) is 0 Å². The second-order valence-corrected chi connectivity index (χ2v) is 5.79. The van der Waals surface area contributed by atoms with E-state index in [4.69, 9.17) is 0 Å². The molecule has 0 saturated heterocycles. The molecule has 0 spiro atoms. The molecule has 1 atom stereocenters. The number of anilines is 1. The fourth-order valence-corrected chi connectivity index (χ4v) is 2.73. The number of rotatable bonds is 5. The molecule has 6 heteroatoms. The van der Waals surface area contributed by atoms with E-state index < -0.39 is 18.0 Å². The zero-order valence-corrected chi connectivity index (χ0v) is 12.4. The maximum atomic E-state index is 13.4. The summed E-state index contributed by atoms with van der Waals surface area (Å²) in [4.78, 5) is 13.6. The lowest BCUT2D eigenvalue weighted by Crippen LogP contribution is -2.30. The number of urea groups is 1. The largest absolute Gasteiger partial charge is 0.388 e. The van der Waals surface area contributed by atoms with Crippen LogP contribution in [0.5, 0.6) is 0 Å². The van der Waals surface area contributed by atoms with E-state index in [-0.39, 0.29) is 5.69 Å². The van der Waals surface area contributed by atoms with E-state index in [1.165, 1.54) is 23.5 Å². The highest BCUT2D eigenvalue weighted by Crippen LogP contribution is 2.22. The number of para-hydroxylation sites is 1. The predicted octanol–water partition coefficient (Wildman–Crippen LogP) is 3.30. The van der Waals surface area contributed by atoms with Gasteiger partial charge in [0.15, 0.2) is 0 Å². The van der Waals surface area contributed by atoms with Gasteiger partial charge in [0.2, 0.25) is 0 Å². The van der Waals surface area contributed by atoms with Crippen LogP contribution in [0.4, 0.5) is 14.9 Å². The Hall–Kier alpha value is -1.92. The first kappa shape index (κ1) is 15.5. The smallest absolute Gasteiger partial charge is 0.319 e. The Balaban J connectivity index is 1.78. The number of aliphatic hydroxyl groups excluding tert-OH is 1. The predicted molar refractivity (Wildman–Crippen MR) is 82.1 cm³/mol. The fourth-order valence-electron chi connectivity index (χ4n) is 1.78. The van der Waals surface area contributed by atoms with Gasteiger partial charge in [-0.25, -0.2) is 9.18 Å². The molecule has 0 unspecified atom stereocenters. The number of benzene rings is 1. The third-order valence-corrected chi connectivity index (χ3v) is 4.19. The van der Waals surface area contributed by atoms with Crippen molar-refractivity contribution in [2.24, 2.45) is 0 Å². The minimum absolute atomic E-state index is 0.155. The molecule has 1 aromatic heterocycles. The minimum Gasteiger partial charge on any atom is -0.388 e. The second kappa shape index (κ2) is 7.19. The molecule has 1 heterocycles. The molecule has 2 rings (SSSR count). The molecule has 0 aliphatic rings. The van der Waals surface area contributed by atoms with Crippen LogP contribution in [0.3, 0.4) is 0 Å². The maximum Gasteiger partial charge on any atom is 0.319 e. The average molecular weight is 308 g/mol. The summed E-state index contributed by atoms with van der Waals surface area (Å²) >= 11 is 1.52. The number of amides is 2. The molecule has 0 aliphatic carbocycles. The van der Waals surface area contributed by atoms with Gasteiger partial charge in [-0.2, -0.15) is 0 Å². The topological polar surface area (TPSA) is 61.4 Å². The molecule has 2 amide bonds. The number of nitrogens with one attached hydrogen (secondary N) is 2. The number of aliphatic hydroxyl groups is 1. The van der Waals surface area contributed by atoms with Crippen LogP contribution < -0.4 is 10.6 Å². The monoisotopic (exact) mass is 308 g/mol. The zero-order chi connectivity index (χ0) is 15.2. The third kappa shape index (κ3) is 4.54. The minimum atomic E-state index is -0.471. The number of carbonyl (C=O) groups excluding carboxylic acids is 1. The summed E-state index contributed by atoms with van der Waals surface area (Å²) in [6.45, 7) is 2.16. The second-order valence-electron chi connectivity index (χ2n) is 4.59. The lowest BCUT2D eigenvalue weighted by atomic mass is 10.3. The standard InChI is InChI=1S/C15H17FN2O2S/c1-10(19)14-7-6-11(21-14)8-9-17-15(20)18-13-5-3-2-4-12(13)16/h2-7,10,19H,8-9H2,1H3,(H2,17,18,20)/t10-/m1/s1. The number of carbonyl (C=O) groups is 1. The van der Waals surface area contributed by atoms with Crippen molar-refractivity contribution in [2.45, 2.75) is 19.4 Å². The van der Waals surface area contributed by atoms with Gasteiger partial charge in [0.05, 0.1) is 11.8 Å². The van der Waals surface area contributed by atoms with Crippen LogP contribution in [-0.2, 0) is 6.42 Å². The number of thiophene rings is 1. The molecule has 0 bridgehead atoms. The zero-order valence-electron chi connectivity index (χ0n) is 11.6. The summed E-state index contributed by atoms with van der Waals surface area (Å²) in [6.07, 6.45) is 0.197. The molecule has 1 aromatic carbocycles. The molecule has 0 radical (unpaired) electrons. The molecule has 3 N–H and O–H groups in total. The van der Waals surface area contributed by atoms with Crippen molar-refractivity contribution in [3.05, 3.63) is 52.0 Å². The van der Waals surface area contributed by atoms with Crippen molar-refractivity contribution >= 4 is 23.1 Å². The van der Waals surface area contributed by atoms with Gasteiger partial charge in [0.1, 0.15) is 5.82 Å². The van der Waals surface area contributed by atoms with Crippen LogP contribution in [0, 0.1) is 5.82 Å². The van der Waals surface area contributed by atoms with Crippen molar-refractivity contribution in [1.82, 2.24) is 5.32 Å². The third-order valence-electron chi connectivity index (χ3n) is 2.87. The van der Waals surface area contributed by atoms with Crippen LogP contribution in [-0.4, -0.2) is 17.7 Å². The van der Waals surface area contributed by atoms with Crippen LogP contribution in [0.25, 0.3) is 0 Å². The van der Waals surface area contributed by atoms with Crippen LogP contribution >= 0.6 is 11.3 Å². The molecule has 112 valence electrons. The van der Waals surface area contributed by atoms with E-state index in [2.05, 4.69) is 10.6 Å². The van der Waals surface area contributed by atoms with Gasteiger partial charge < -0.3 is 15.7 Å². The van der Waals surface area contributed by atoms with Gasteiger partial charge in [-0.05, 0) is 37.6 Å². The quantitative estimate of drug-likeness (QED) is 0.793. The van der Waals surface area contributed by atoms with Gasteiger partial charge in [-0.1, -0.05) is 12.1 Å². The summed E-state index contributed by atoms with van der Waals surface area (Å²) in [7, 11) is 0. The van der Waals surface area contributed by atoms with Gasteiger partial charge in [0.25, 0.3) is 0 Å². The summed E-state index contributed by atoms with van der Waals surface area (Å²) < 4.78 is 13.4. The van der Waals surface area contributed by atoms with Crippen molar-refractivity contribution in [3.63, 3.8) is 0 Å². The highest BCUT2D eigenvalue weighted by molar-refractivity contribution is 7.12. The molecule has 2 aromatic rings. The molecule has 0 saturated carbocycles. The Kier molecular flexibility index (Phi) is 5.30. The Morgan fingerprint density at radius 3 is 2.76 bits per heavy atom. The first-order valence-corrected chi connectivity index (χ1v) is 7.44. The summed E-state index contributed by atoms with van der Waals surface area (Å²) in [5.41, 5.74) is 0.155. The number of halogens is 1. The van der Waals surface area contributed by atoms with Gasteiger partial charge in [0, 0.05) is 16.3 Å². The number of hydrogen-bond donors (Lipinski definition) is 3. The summed E-state index contributed by atoms with van der Waals surface area (Å²) in [5, 5.41) is 14.6. The van der Waals surface area contributed by atoms with Gasteiger partial charge >= 0.3 is 6.03 Å². The van der Waals surface area contributed by atoms with Crippen LogP contribution in [0.15, 0.2) is 36.4 Å². The molecule has 21 heavy (non-hydrogen) atoms. The molecular weight excluding hydrogens is 291 g/mol. The van der Waals surface area contributed by atoms with E-state index in [1.807, 2.05) is 12.1 Å². The highest BCUT2D eigenvalue weighted by Gasteiger charge is 2.07. The fraction of sp³-hybridized carbons (Fsp3) is 0.267. The van der Waals surface area contributed by atoms with E-state index in [9.17, 15) is 14.3 Å². The van der Waals surface area contributed by atoms with Crippen molar-refractivity contribution in [1.29, 1.82) is 0 Å². The van der Waals surface area contributed by atoms with Crippen molar-refractivity contribution in [3.8, 4) is 0 Å². The van der Waals surface area contributed by atoms with E-state index in [1.54, 1.807) is 19.1 Å². The van der Waals surface area contributed by atoms with Crippen molar-refractivity contribution < 1.29 is 14.3 Å². The number of hydrogen-bond acceptors (Lipinski definition) is 3.